The van der Waals surface area contributed by atoms with Crippen LogP contribution in [0.25, 0.3) is 22.0 Å². The first kappa shape index (κ1) is 21.0. The summed E-state index contributed by atoms with van der Waals surface area (Å²) in [6.07, 6.45) is 0.456. The molecule has 0 unspecified atom stereocenters. The lowest BCUT2D eigenvalue weighted by Crippen LogP contribution is -2.36. The minimum Gasteiger partial charge on any atom is -0.421 e. The molecule has 2 N–H and O–H groups in total. The third-order valence-corrected chi connectivity index (χ3v) is 6.56. The Morgan fingerprint density at radius 1 is 1.10 bits per heavy atom. The first-order chi connectivity index (χ1) is 14.7. The van der Waals surface area contributed by atoms with Gasteiger partial charge in [0.2, 0.25) is 10.0 Å². The van der Waals surface area contributed by atoms with Crippen molar-refractivity contribution in [2.24, 2.45) is 7.05 Å². The van der Waals surface area contributed by atoms with Crippen LogP contribution < -0.4 is 21.5 Å². The van der Waals surface area contributed by atoms with Crippen molar-refractivity contribution in [2.75, 3.05) is 6.54 Å². The van der Waals surface area contributed by atoms with Crippen molar-refractivity contribution >= 4 is 43.6 Å². The highest BCUT2D eigenvalue weighted by atomic mass is 35.5. The maximum Gasteiger partial charge on any atom is 0.362 e. The maximum absolute atomic E-state index is 12.8. The summed E-state index contributed by atoms with van der Waals surface area (Å²) in [6.45, 7) is 0.151. The largest absolute Gasteiger partial charge is 0.421 e. The molecule has 0 amide bonds. The van der Waals surface area contributed by atoms with Gasteiger partial charge in [0.1, 0.15) is 5.58 Å². The van der Waals surface area contributed by atoms with Crippen molar-refractivity contribution in [3.63, 3.8) is 0 Å². The standard InChI is InChI=1S/C20H16ClN3O6S/c1-24-17-14-10-13(31(28,29)22-9-8-11-2-4-12(21)5-3-11)6-7-15(14)30-20(27)16(17)23-18(25)19(24)26/h2-7,10,22H,8-9H2,1H3,(H,23,25). The van der Waals surface area contributed by atoms with Gasteiger partial charge in [0.15, 0.2) is 5.52 Å². The molecule has 11 heteroatoms. The average Bonchev–Trinajstić information content (AvgIpc) is 2.73. The summed E-state index contributed by atoms with van der Waals surface area (Å²) in [6, 6.07) is 11.0. The molecule has 9 nitrogen and oxygen atoms in total. The van der Waals surface area contributed by atoms with Gasteiger partial charge in [0, 0.05) is 24.0 Å². The zero-order valence-corrected chi connectivity index (χ0v) is 17.7. The average molecular weight is 462 g/mol. The second kappa shape index (κ2) is 7.80. The molecular weight excluding hydrogens is 446 g/mol. The molecule has 0 bridgehead atoms. The number of fused-ring (bicyclic) bond motifs is 3. The molecular formula is C20H16ClN3O6S. The lowest BCUT2D eigenvalue weighted by Gasteiger charge is -2.10. The molecule has 4 aromatic rings. The zero-order valence-electron chi connectivity index (χ0n) is 16.1. The van der Waals surface area contributed by atoms with E-state index in [-0.39, 0.29) is 33.4 Å². The number of sulfonamides is 1. The van der Waals surface area contributed by atoms with Gasteiger partial charge in [-0.25, -0.2) is 17.9 Å². The fourth-order valence-corrected chi connectivity index (χ4v) is 4.46. The van der Waals surface area contributed by atoms with Crippen LogP contribution in [-0.4, -0.2) is 24.5 Å². The van der Waals surface area contributed by atoms with Crippen LogP contribution in [0.5, 0.6) is 0 Å². The predicted molar refractivity (Wildman–Crippen MR) is 116 cm³/mol. The van der Waals surface area contributed by atoms with Crippen LogP contribution in [0.3, 0.4) is 0 Å². The van der Waals surface area contributed by atoms with Crippen molar-refractivity contribution in [3.8, 4) is 0 Å². The lowest BCUT2D eigenvalue weighted by molar-refractivity contribution is 0.565. The lowest BCUT2D eigenvalue weighted by atomic mass is 10.2. The van der Waals surface area contributed by atoms with E-state index < -0.39 is 26.8 Å². The highest BCUT2D eigenvalue weighted by Crippen LogP contribution is 2.23. The van der Waals surface area contributed by atoms with Gasteiger partial charge in [-0.05, 0) is 42.3 Å². The number of aromatic nitrogens is 2. The molecule has 0 saturated carbocycles. The molecule has 0 atom stereocenters. The Bertz CT molecular complexity index is 1600. The van der Waals surface area contributed by atoms with E-state index in [1.165, 1.54) is 25.2 Å². The molecule has 2 aromatic heterocycles. The summed E-state index contributed by atoms with van der Waals surface area (Å²) < 4.78 is 34.2. The van der Waals surface area contributed by atoms with Crippen molar-refractivity contribution < 1.29 is 12.8 Å². The fourth-order valence-electron chi connectivity index (χ4n) is 3.28. The van der Waals surface area contributed by atoms with Crippen molar-refractivity contribution in [1.29, 1.82) is 0 Å². The van der Waals surface area contributed by atoms with Gasteiger partial charge in [-0.2, -0.15) is 0 Å². The van der Waals surface area contributed by atoms with Gasteiger partial charge in [0.05, 0.1) is 10.4 Å². The topological polar surface area (TPSA) is 131 Å². The number of rotatable bonds is 5. The van der Waals surface area contributed by atoms with Crippen LogP contribution in [0.15, 0.2) is 66.2 Å². The SMILES string of the molecule is Cn1c(=O)c(=O)[nH]c2c(=O)oc3ccc(S(=O)(=O)NCCc4ccc(Cl)cc4)cc3c21. The van der Waals surface area contributed by atoms with E-state index in [4.69, 9.17) is 16.0 Å². The minimum atomic E-state index is -3.90. The number of H-pyrrole nitrogens is 1. The Kier molecular flexibility index (Phi) is 5.29. The van der Waals surface area contributed by atoms with Crippen molar-refractivity contribution in [2.45, 2.75) is 11.3 Å². The monoisotopic (exact) mass is 461 g/mol. The number of halogens is 1. The number of aromatic amines is 1. The molecule has 2 heterocycles. The van der Waals surface area contributed by atoms with E-state index >= 15 is 0 Å². The van der Waals surface area contributed by atoms with Gasteiger partial charge in [0.25, 0.3) is 0 Å². The summed E-state index contributed by atoms with van der Waals surface area (Å²) in [4.78, 5) is 38.1. The Morgan fingerprint density at radius 3 is 2.52 bits per heavy atom. The second-order valence-electron chi connectivity index (χ2n) is 6.86. The van der Waals surface area contributed by atoms with Crippen LogP contribution in [0.2, 0.25) is 5.02 Å². The van der Waals surface area contributed by atoms with Gasteiger partial charge in [-0.3, -0.25) is 9.59 Å². The molecule has 0 aliphatic heterocycles. The van der Waals surface area contributed by atoms with E-state index in [0.29, 0.717) is 11.4 Å². The predicted octanol–water partition coefficient (Wildman–Crippen LogP) is 1.51. The number of hydrogen-bond donors (Lipinski definition) is 2. The maximum atomic E-state index is 12.8. The molecule has 2 aromatic carbocycles. The number of benzene rings is 2. The summed E-state index contributed by atoms with van der Waals surface area (Å²) >= 11 is 5.85. The highest BCUT2D eigenvalue weighted by Gasteiger charge is 2.18. The fraction of sp³-hybridized carbons (Fsp3) is 0.150. The third kappa shape index (κ3) is 3.92. The van der Waals surface area contributed by atoms with Crippen LogP contribution in [-0.2, 0) is 23.5 Å². The van der Waals surface area contributed by atoms with E-state index in [2.05, 4.69) is 9.71 Å². The van der Waals surface area contributed by atoms with Gasteiger partial charge in [-0.15, -0.1) is 0 Å². The number of nitrogens with one attached hydrogen (secondary N) is 2. The van der Waals surface area contributed by atoms with E-state index in [1.54, 1.807) is 12.1 Å². The molecule has 0 radical (unpaired) electrons. The molecule has 0 fully saturated rings. The first-order valence-corrected chi connectivity index (χ1v) is 11.0. The quantitative estimate of drug-likeness (QED) is 0.263. The summed E-state index contributed by atoms with van der Waals surface area (Å²) in [5.41, 5.74) is -1.84. The molecule has 0 saturated heterocycles. The van der Waals surface area contributed by atoms with Gasteiger partial charge in [-0.1, -0.05) is 23.7 Å². The first-order valence-electron chi connectivity index (χ1n) is 9.11. The Balaban J connectivity index is 1.74. The number of aryl methyl sites for hydroxylation is 1. The van der Waals surface area contributed by atoms with Crippen LogP contribution in [0.1, 0.15) is 5.56 Å². The van der Waals surface area contributed by atoms with Crippen molar-refractivity contribution in [1.82, 2.24) is 14.3 Å². The second-order valence-corrected chi connectivity index (χ2v) is 9.07. The number of hydrogen-bond acceptors (Lipinski definition) is 6. The third-order valence-electron chi connectivity index (χ3n) is 4.85. The number of nitrogens with zero attached hydrogens (tertiary/aromatic N) is 1. The van der Waals surface area contributed by atoms with Gasteiger partial charge < -0.3 is 14.0 Å². The van der Waals surface area contributed by atoms with Crippen molar-refractivity contribution in [3.05, 3.63) is 84.2 Å². The molecule has 0 aliphatic rings. The summed E-state index contributed by atoms with van der Waals surface area (Å²) in [5, 5.41) is 0.793. The molecule has 160 valence electrons. The Labute approximate surface area is 179 Å². The van der Waals surface area contributed by atoms with Crippen LogP contribution >= 0.6 is 11.6 Å². The van der Waals surface area contributed by atoms with E-state index in [9.17, 15) is 22.8 Å². The summed E-state index contributed by atoms with van der Waals surface area (Å²) in [7, 11) is -2.57. The Hall–Kier alpha value is -3.21. The molecule has 0 spiro atoms. The molecule has 0 aliphatic carbocycles. The summed E-state index contributed by atoms with van der Waals surface area (Å²) in [5.74, 6) is 0. The Morgan fingerprint density at radius 2 is 1.81 bits per heavy atom. The van der Waals surface area contributed by atoms with Crippen LogP contribution in [0.4, 0.5) is 0 Å². The smallest absolute Gasteiger partial charge is 0.362 e. The zero-order chi connectivity index (χ0) is 22.3. The molecule has 4 rings (SSSR count). The van der Waals surface area contributed by atoms with Gasteiger partial charge >= 0.3 is 16.7 Å². The molecule has 31 heavy (non-hydrogen) atoms. The highest BCUT2D eigenvalue weighted by molar-refractivity contribution is 7.89. The minimum absolute atomic E-state index is 0.0778. The van der Waals surface area contributed by atoms with E-state index in [0.717, 1.165) is 10.1 Å². The van der Waals surface area contributed by atoms with Crippen LogP contribution in [0, 0.1) is 0 Å². The normalized spacial score (nSPS) is 11.9. The van der Waals surface area contributed by atoms with E-state index in [1.807, 2.05) is 12.1 Å².